The standard InChI is InChI=1S/C43H76NO9P/c1-3-5-7-9-11-12-13-14-15-16-17-18-21-25-29-33-42(45)49-37-39(38-51-54(47,48)50-36-35-44)52-43(46)34-30-26-22-19-20-24-28-32-41-40(53-41)31-27-23-10-8-6-4-2/h12-13,19,22-24,27-28,39-41H,3-11,14-18,20-21,25-26,29-38,44H2,1-2H3,(H,47,48)/b13-12-,22-19-,27-23-,28-24-/t39-,40?,41?/m1/s1. The van der Waals surface area contributed by atoms with Crippen molar-refractivity contribution >= 4 is 19.8 Å². The molecule has 0 amide bonds. The largest absolute Gasteiger partial charge is 0.472 e. The summed E-state index contributed by atoms with van der Waals surface area (Å²) in [5.74, 6) is -0.908. The maximum Gasteiger partial charge on any atom is 0.472 e. The van der Waals surface area contributed by atoms with Crippen LogP contribution >= 0.6 is 7.82 Å². The van der Waals surface area contributed by atoms with Gasteiger partial charge in [0.05, 0.1) is 25.4 Å². The molecule has 0 radical (unpaired) electrons. The summed E-state index contributed by atoms with van der Waals surface area (Å²) in [5, 5.41) is 0. The maximum absolute atomic E-state index is 12.6. The minimum absolute atomic E-state index is 0.0405. The number of epoxide rings is 1. The van der Waals surface area contributed by atoms with Gasteiger partial charge in [-0.1, -0.05) is 127 Å². The fourth-order valence-corrected chi connectivity index (χ4v) is 6.54. The fourth-order valence-electron chi connectivity index (χ4n) is 5.78. The first-order valence-corrected chi connectivity index (χ1v) is 22.7. The van der Waals surface area contributed by atoms with Crippen LogP contribution < -0.4 is 5.73 Å². The number of allylic oxidation sites excluding steroid dienone is 6. The Kier molecular flexibility index (Phi) is 32.7. The van der Waals surface area contributed by atoms with Gasteiger partial charge in [0.25, 0.3) is 0 Å². The minimum Gasteiger partial charge on any atom is -0.462 e. The molecule has 312 valence electrons. The van der Waals surface area contributed by atoms with E-state index in [1.807, 2.05) is 6.08 Å². The van der Waals surface area contributed by atoms with E-state index in [1.54, 1.807) is 0 Å². The van der Waals surface area contributed by atoms with Crippen LogP contribution in [0.3, 0.4) is 0 Å². The second-order valence-corrected chi connectivity index (χ2v) is 15.7. The van der Waals surface area contributed by atoms with Crippen molar-refractivity contribution in [2.45, 2.75) is 186 Å². The molecule has 4 atom stereocenters. The number of carbonyl (C=O) groups excluding carboxylic acids is 2. The first-order chi connectivity index (χ1) is 26.3. The number of phosphoric ester groups is 1. The van der Waals surface area contributed by atoms with E-state index in [0.29, 0.717) is 25.0 Å². The van der Waals surface area contributed by atoms with Gasteiger partial charge in [-0.25, -0.2) is 4.57 Å². The zero-order valence-electron chi connectivity index (χ0n) is 33.9. The van der Waals surface area contributed by atoms with Crippen molar-refractivity contribution in [1.29, 1.82) is 0 Å². The van der Waals surface area contributed by atoms with Gasteiger partial charge in [-0.2, -0.15) is 0 Å². The summed E-state index contributed by atoms with van der Waals surface area (Å²) in [6, 6.07) is 0. The SMILES string of the molecule is CCCCC/C=C\CC1OC1C/C=C\C/C=C\CCCC(=O)O[C@H](COC(=O)CCCCCCCCC/C=C\CCCCCC)COP(=O)(O)OCCN. The van der Waals surface area contributed by atoms with Crippen LogP contribution in [0.1, 0.15) is 168 Å². The van der Waals surface area contributed by atoms with Crippen molar-refractivity contribution in [3.63, 3.8) is 0 Å². The number of ether oxygens (including phenoxy) is 3. The molecule has 1 heterocycles. The Hall–Kier alpha value is -2.07. The first kappa shape index (κ1) is 49.9. The van der Waals surface area contributed by atoms with Crippen LogP contribution in [-0.4, -0.2) is 61.5 Å². The molecule has 0 aromatic carbocycles. The molecule has 0 spiro atoms. The summed E-state index contributed by atoms with van der Waals surface area (Å²) >= 11 is 0. The number of phosphoric acid groups is 1. The summed E-state index contributed by atoms with van der Waals surface area (Å²) in [7, 11) is -4.40. The molecule has 0 bridgehead atoms. The van der Waals surface area contributed by atoms with Crippen molar-refractivity contribution in [3.05, 3.63) is 48.6 Å². The fraction of sp³-hybridized carbons (Fsp3) is 0.767. The third kappa shape index (κ3) is 32.2. The van der Waals surface area contributed by atoms with Crippen LogP contribution in [0.25, 0.3) is 0 Å². The van der Waals surface area contributed by atoms with Crippen molar-refractivity contribution in [3.8, 4) is 0 Å². The van der Waals surface area contributed by atoms with Crippen LogP contribution in [0.4, 0.5) is 0 Å². The zero-order valence-corrected chi connectivity index (χ0v) is 34.8. The summed E-state index contributed by atoms with van der Waals surface area (Å²) in [5.41, 5.74) is 5.34. The van der Waals surface area contributed by atoms with E-state index in [0.717, 1.165) is 57.8 Å². The Morgan fingerprint density at radius 3 is 1.81 bits per heavy atom. The summed E-state index contributed by atoms with van der Waals surface area (Å²) < 4.78 is 38.4. The van der Waals surface area contributed by atoms with Gasteiger partial charge in [0.2, 0.25) is 0 Å². The molecule has 3 N–H and O–H groups in total. The Morgan fingerprint density at radius 1 is 0.648 bits per heavy atom. The Morgan fingerprint density at radius 2 is 1.15 bits per heavy atom. The third-order valence-corrected chi connectivity index (χ3v) is 10.1. The van der Waals surface area contributed by atoms with Crippen LogP contribution in [-0.2, 0) is 37.4 Å². The highest BCUT2D eigenvalue weighted by Crippen LogP contribution is 2.43. The van der Waals surface area contributed by atoms with E-state index in [4.69, 9.17) is 29.0 Å². The zero-order chi connectivity index (χ0) is 39.4. The number of esters is 2. The van der Waals surface area contributed by atoms with Crippen LogP contribution in [0.2, 0.25) is 0 Å². The molecule has 0 aromatic heterocycles. The predicted octanol–water partition coefficient (Wildman–Crippen LogP) is 10.9. The van der Waals surface area contributed by atoms with Gasteiger partial charge in [0, 0.05) is 19.4 Å². The molecule has 1 rings (SSSR count). The molecule has 1 aliphatic heterocycles. The molecule has 54 heavy (non-hydrogen) atoms. The number of nitrogens with two attached hydrogens (primary N) is 1. The number of hydrogen-bond acceptors (Lipinski definition) is 9. The van der Waals surface area contributed by atoms with Gasteiger partial charge in [0.1, 0.15) is 6.61 Å². The second-order valence-electron chi connectivity index (χ2n) is 14.2. The van der Waals surface area contributed by atoms with Crippen molar-refractivity contribution < 1.29 is 42.3 Å². The van der Waals surface area contributed by atoms with Gasteiger partial charge in [-0.05, 0) is 77.0 Å². The maximum atomic E-state index is 12.6. The molecule has 11 heteroatoms. The lowest BCUT2D eigenvalue weighted by Gasteiger charge is -2.19. The molecule has 1 fully saturated rings. The van der Waals surface area contributed by atoms with E-state index >= 15 is 0 Å². The average molecular weight is 782 g/mol. The predicted molar refractivity (Wildman–Crippen MR) is 219 cm³/mol. The molecular weight excluding hydrogens is 705 g/mol. The summed E-state index contributed by atoms with van der Waals surface area (Å²) in [6.07, 6.45) is 41.7. The van der Waals surface area contributed by atoms with E-state index in [1.165, 1.54) is 70.6 Å². The topological polar surface area (TPSA) is 147 Å². The van der Waals surface area contributed by atoms with Crippen LogP contribution in [0.15, 0.2) is 48.6 Å². The average Bonchev–Trinajstić information content (AvgIpc) is 3.91. The lowest BCUT2D eigenvalue weighted by atomic mass is 10.1. The Labute approximate surface area is 328 Å². The highest BCUT2D eigenvalue weighted by Gasteiger charge is 2.36. The Balaban J connectivity index is 2.24. The molecule has 1 saturated heterocycles. The van der Waals surface area contributed by atoms with Gasteiger partial charge in [-0.3, -0.25) is 18.6 Å². The van der Waals surface area contributed by atoms with E-state index in [2.05, 4.69) is 56.4 Å². The second kappa shape index (κ2) is 35.4. The molecule has 0 aliphatic carbocycles. The monoisotopic (exact) mass is 782 g/mol. The molecule has 0 saturated carbocycles. The molecule has 0 aromatic rings. The number of carbonyl (C=O) groups is 2. The van der Waals surface area contributed by atoms with E-state index < -0.39 is 32.5 Å². The number of rotatable bonds is 38. The molecule has 10 nitrogen and oxygen atoms in total. The number of unbranched alkanes of at least 4 members (excludes halogenated alkanes) is 15. The Bertz CT molecular complexity index is 1090. The normalized spacial score (nSPS) is 17.6. The molecule has 3 unspecified atom stereocenters. The van der Waals surface area contributed by atoms with Gasteiger partial charge in [-0.15, -0.1) is 0 Å². The summed E-state index contributed by atoms with van der Waals surface area (Å²) in [6.45, 7) is 3.60. The lowest BCUT2D eigenvalue weighted by Crippen LogP contribution is -2.29. The van der Waals surface area contributed by atoms with E-state index in [-0.39, 0.29) is 32.6 Å². The highest BCUT2D eigenvalue weighted by atomic mass is 31.2. The van der Waals surface area contributed by atoms with Crippen LogP contribution in [0.5, 0.6) is 0 Å². The van der Waals surface area contributed by atoms with Gasteiger partial charge >= 0.3 is 19.8 Å². The first-order valence-electron chi connectivity index (χ1n) is 21.2. The van der Waals surface area contributed by atoms with Gasteiger partial charge < -0.3 is 24.8 Å². The van der Waals surface area contributed by atoms with Crippen LogP contribution in [0, 0.1) is 0 Å². The summed E-state index contributed by atoms with van der Waals surface area (Å²) in [4.78, 5) is 34.8. The van der Waals surface area contributed by atoms with Crippen molar-refractivity contribution in [1.82, 2.24) is 0 Å². The van der Waals surface area contributed by atoms with Crippen molar-refractivity contribution in [2.75, 3.05) is 26.4 Å². The lowest BCUT2D eigenvalue weighted by molar-refractivity contribution is -0.161. The molecule has 1 aliphatic rings. The smallest absolute Gasteiger partial charge is 0.462 e. The molecular formula is C43H76NO9P. The quantitative estimate of drug-likeness (QED) is 0.0204. The van der Waals surface area contributed by atoms with E-state index in [9.17, 15) is 19.0 Å². The van der Waals surface area contributed by atoms with Crippen molar-refractivity contribution in [2.24, 2.45) is 5.73 Å². The minimum atomic E-state index is -4.40. The van der Waals surface area contributed by atoms with Gasteiger partial charge in [0.15, 0.2) is 6.10 Å². The number of hydrogen-bond donors (Lipinski definition) is 2. The highest BCUT2D eigenvalue weighted by molar-refractivity contribution is 7.47. The third-order valence-electron chi connectivity index (χ3n) is 9.09.